The Morgan fingerprint density at radius 1 is 1.14 bits per heavy atom. The van der Waals surface area contributed by atoms with Gasteiger partial charge in [0.25, 0.3) is 5.91 Å². The minimum Gasteiger partial charge on any atom is -0.375 e. The molecule has 154 valence electrons. The fourth-order valence-electron chi connectivity index (χ4n) is 2.57. The number of hydrogen-bond acceptors (Lipinski definition) is 4. The molecule has 0 aliphatic rings. The molecule has 2 aromatic rings. The number of nitrogens with one attached hydrogen (secondary N) is 1. The van der Waals surface area contributed by atoms with Crippen LogP contribution in [0.5, 0.6) is 0 Å². The van der Waals surface area contributed by atoms with E-state index in [0.717, 1.165) is 11.3 Å². The van der Waals surface area contributed by atoms with Gasteiger partial charge in [0, 0.05) is 16.6 Å². The number of aryl methyl sites for hydroxylation is 2. The van der Waals surface area contributed by atoms with Gasteiger partial charge in [-0.2, -0.15) is 26.3 Å². The number of alkyl halides is 7. The molecule has 0 atom stereocenters. The molecule has 1 aromatic carbocycles. The van der Waals surface area contributed by atoms with Crippen molar-refractivity contribution in [3.63, 3.8) is 0 Å². The Hall–Kier alpha value is -2.37. The molecule has 0 aliphatic heterocycles. The van der Waals surface area contributed by atoms with E-state index in [4.69, 9.17) is 5.73 Å². The van der Waals surface area contributed by atoms with E-state index in [1.165, 1.54) is 19.2 Å². The standard InChI is InChI=1S/C16H14F7N3OS/c1-3-8-5-9(14(17,15(18,19)20)16(21,22)23)4-7(2)11(8)26-12(27)10-6-28-13(24)25-10/h4-6H,3H2,1-2H3,(H2,24,25)(H,26,27). The highest BCUT2D eigenvalue weighted by atomic mass is 32.1. The summed E-state index contributed by atoms with van der Waals surface area (Å²) in [5, 5.41) is 3.82. The molecule has 1 heterocycles. The van der Waals surface area contributed by atoms with Gasteiger partial charge in [0.1, 0.15) is 5.69 Å². The van der Waals surface area contributed by atoms with Crippen molar-refractivity contribution in [3.05, 3.63) is 39.9 Å². The number of benzene rings is 1. The Morgan fingerprint density at radius 2 is 1.71 bits per heavy atom. The molecule has 0 saturated carbocycles. The van der Waals surface area contributed by atoms with Crippen molar-refractivity contribution in [2.75, 3.05) is 11.1 Å². The number of aromatic nitrogens is 1. The lowest BCUT2D eigenvalue weighted by Crippen LogP contribution is -2.50. The van der Waals surface area contributed by atoms with Crippen LogP contribution in [0.4, 0.5) is 41.6 Å². The topological polar surface area (TPSA) is 68.0 Å². The molecule has 2 rings (SSSR count). The maximum atomic E-state index is 14.3. The smallest absolute Gasteiger partial charge is 0.375 e. The van der Waals surface area contributed by atoms with Crippen LogP contribution in [0.3, 0.4) is 0 Å². The van der Waals surface area contributed by atoms with Gasteiger partial charge in [-0.15, -0.1) is 11.3 Å². The van der Waals surface area contributed by atoms with E-state index in [1.54, 1.807) is 0 Å². The Morgan fingerprint density at radius 3 is 2.14 bits per heavy atom. The lowest BCUT2D eigenvalue weighted by Gasteiger charge is -2.31. The molecular weight excluding hydrogens is 415 g/mol. The number of carbonyl (C=O) groups excluding carboxylic acids is 1. The Bertz CT molecular complexity index is 875. The second-order valence-electron chi connectivity index (χ2n) is 5.86. The number of nitrogen functional groups attached to an aromatic ring is 1. The summed E-state index contributed by atoms with van der Waals surface area (Å²) in [6, 6.07) is 0.879. The quantitative estimate of drug-likeness (QED) is 0.662. The first-order chi connectivity index (χ1) is 12.7. The van der Waals surface area contributed by atoms with Gasteiger partial charge in [0.2, 0.25) is 0 Å². The highest BCUT2D eigenvalue weighted by molar-refractivity contribution is 7.13. The molecule has 0 saturated heterocycles. The number of nitrogens with zero attached hydrogens (tertiary/aromatic N) is 1. The predicted octanol–water partition coefficient (Wildman–Crippen LogP) is 5.14. The van der Waals surface area contributed by atoms with E-state index in [9.17, 15) is 35.5 Å². The average molecular weight is 429 g/mol. The number of hydrogen-bond donors (Lipinski definition) is 2. The Labute approximate surface area is 158 Å². The van der Waals surface area contributed by atoms with Crippen LogP contribution in [0.1, 0.15) is 34.1 Å². The number of nitrogens with two attached hydrogens (primary N) is 1. The van der Waals surface area contributed by atoms with Crippen LogP contribution in [-0.2, 0) is 12.1 Å². The molecule has 0 aliphatic carbocycles. The van der Waals surface area contributed by atoms with Crippen LogP contribution in [0, 0.1) is 6.92 Å². The van der Waals surface area contributed by atoms with E-state index >= 15 is 0 Å². The molecule has 4 nitrogen and oxygen atoms in total. The van der Waals surface area contributed by atoms with Crippen LogP contribution in [0.15, 0.2) is 17.5 Å². The van der Waals surface area contributed by atoms with Crippen molar-refractivity contribution in [3.8, 4) is 0 Å². The first-order valence-electron chi connectivity index (χ1n) is 7.71. The van der Waals surface area contributed by atoms with Crippen LogP contribution in [0.2, 0.25) is 0 Å². The van der Waals surface area contributed by atoms with Crippen molar-refractivity contribution < 1.29 is 35.5 Å². The van der Waals surface area contributed by atoms with Crippen molar-refractivity contribution in [1.82, 2.24) is 4.98 Å². The van der Waals surface area contributed by atoms with Crippen molar-refractivity contribution in [1.29, 1.82) is 0 Å². The van der Waals surface area contributed by atoms with Gasteiger partial charge in [0.15, 0.2) is 5.13 Å². The monoisotopic (exact) mass is 429 g/mol. The number of anilines is 2. The minimum absolute atomic E-state index is 0.0190. The second kappa shape index (κ2) is 7.22. The molecular formula is C16H14F7N3OS. The molecule has 0 fully saturated rings. The third-order valence-corrected chi connectivity index (χ3v) is 4.64. The SMILES string of the molecule is CCc1cc(C(F)(C(F)(F)F)C(F)(F)F)cc(C)c1NC(=O)c1csc(N)n1. The maximum absolute atomic E-state index is 14.3. The Balaban J connectivity index is 2.55. The highest BCUT2D eigenvalue weighted by Crippen LogP contribution is 2.53. The summed E-state index contributed by atoms with van der Waals surface area (Å²) in [6.07, 6.45) is -12.5. The van der Waals surface area contributed by atoms with E-state index in [1.807, 2.05) is 0 Å². The molecule has 28 heavy (non-hydrogen) atoms. The summed E-state index contributed by atoms with van der Waals surface area (Å²) in [7, 11) is 0. The molecule has 0 bridgehead atoms. The van der Waals surface area contributed by atoms with Gasteiger partial charge >= 0.3 is 18.0 Å². The van der Waals surface area contributed by atoms with Crippen LogP contribution in [0.25, 0.3) is 0 Å². The summed E-state index contributed by atoms with van der Waals surface area (Å²) in [6.45, 7) is 2.61. The Kier molecular flexibility index (Phi) is 5.66. The third kappa shape index (κ3) is 3.77. The molecule has 1 aromatic heterocycles. The number of thiazole rings is 1. The average Bonchev–Trinajstić information content (AvgIpc) is 3.00. The summed E-state index contributed by atoms with van der Waals surface area (Å²) in [4.78, 5) is 15.9. The van der Waals surface area contributed by atoms with E-state index in [-0.39, 0.29) is 34.1 Å². The van der Waals surface area contributed by atoms with Crippen LogP contribution < -0.4 is 11.1 Å². The zero-order chi connectivity index (χ0) is 21.5. The van der Waals surface area contributed by atoms with Gasteiger partial charge in [-0.25, -0.2) is 9.37 Å². The molecule has 12 heteroatoms. The molecule has 3 N–H and O–H groups in total. The van der Waals surface area contributed by atoms with Gasteiger partial charge in [-0.1, -0.05) is 13.0 Å². The molecule has 0 unspecified atom stereocenters. The largest absolute Gasteiger partial charge is 0.435 e. The van der Waals surface area contributed by atoms with Crippen molar-refractivity contribution in [2.24, 2.45) is 0 Å². The molecule has 1 amide bonds. The summed E-state index contributed by atoms with van der Waals surface area (Å²) in [5.41, 5.74) is -2.07. The zero-order valence-corrected chi connectivity index (χ0v) is 15.2. The minimum atomic E-state index is -6.22. The fourth-order valence-corrected chi connectivity index (χ4v) is 3.12. The van der Waals surface area contributed by atoms with Gasteiger partial charge in [-0.05, 0) is 30.5 Å². The fraction of sp³-hybridized carbons (Fsp3) is 0.375. The van der Waals surface area contributed by atoms with Gasteiger partial charge in [-0.3, -0.25) is 4.79 Å². The zero-order valence-electron chi connectivity index (χ0n) is 14.4. The van der Waals surface area contributed by atoms with Crippen molar-refractivity contribution in [2.45, 2.75) is 38.3 Å². The maximum Gasteiger partial charge on any atom is 0.435 e. The van der Waals surface area contributed by atoms with Crippen LogP contribution in [-0.4, -0.2) is 23.2 Å². The van der Waals surface area contributed by atoms with Crippen LogP contribution >= 0.6 is 11.3 Å². The number of halogens is 7. The second-order valence-corrected chi connectivity index (χ2v) is 6.75. The van der Waals surface area contributed by atoms with Gasteiger partial charge in [0.05, 0.1) is 0 Å². The number of rotatable bonds is 4. The first-order valence-corrected chi connectivity index (χ1v) is 8.59. The molecule has 0 radical (unpaired) electrons. The first kappa shape index (κ1) is 21.9. The summed E-state index contributed by atoms with van der Waals surface area (Å²) in [5.74, 6) is -0.753. The number of carbonyl (C=O) groups is 1. The lowest BCUT2D eigenvalue weighted by molar-refractivity contribution is -0.348. The lowest BCUT2D eigenvalue weighted by atomic mass is 9.89. The number of amides is 1. The van der Waals surface area contributed by atoms with E-state index in [2.05, 4.69) is 10.3 Å². The third-order valence-electron chi connectivity index (χ3n) is 3.97. The predicted molar refractivity (Wildman–Crippen MR) is 89.9 cm³/mol. The van der Waals surface area contributed by atoms with E-state index < -0.39 is 29.5 Å². The summed E-state index contributed by atoms with van der Waals surface area (Å²) >= 11 is 0.975. The normalized spacial score (nSPS) is 12.9. The summed E-state index contributed by atoms with van der Waals surface area (Å²) < 4.78 is 92.4. The molecule has 0 spiro atoms. The van der Waals surface area contributed by atoms with E-state index in [0.29, 0.717) is 12.1 Å². The van der Waals surface area contributed by atoms with Gasteiger partial charge < -0.3 is 11.1 Å². The van der Waals surface area contributed by atoms with Crippen molar-refractivity contribution >= 4 is 28.1 Å². The highest BCUT2D eigenvalue weighted by Gasteiger charge is 2.73.